The van der Waals surface area contributed by atoms with Gasteiger partial charge in [-0.3, -0.25) is 9.69 Å². The Hall–Kier alpha value is -1.88. The first kappa shape index (κ1) is 19.9. The molecule has 0 aromatic heterocycles. The standard InChI is InChI=1S/C22H27ClN2O2/c1-16-12-25(13-17(2)27-16)15-19-4-8-20(9-5-19)22(26)24(3)14-18-6-10-21(23)11-7-18/h4-11,16-17H,12-15H2,1-3H3. The highest BCUT2D eigenvalue weighted by Gasteiger charge is 2.22. The molecule has 1 heterocycles. The van der Waals surface area contributed by atoms with Crippen molar-refractivity contribution in [1.29, 1.82) is 0 Å². The molecule has 4 nitrogen and oxygen atoms in total. The second kappa shape index (κ2) is 8.87. The summed E-state index contributed by atoms with van der Waals surface area (Å²) >= 11 is 5.92. The van der Waals surface area contributed by atoms with Crippen LogP contribution in [0.1, 0.15) is 35.3 Å². The molecule has 2 aromatic rings. The lowest BCUT2D eigenvalue weighted by molar-refractivity contribution is -0.0704. The number of hydrogen-bond donors (Lipinski definition) is 0. The average molecular weight is 387 g/mol. The quantitative estimate of drug-likeness (QED) is 0.771. The van der Waals surface area contributed by atoms with Crippen molar-refractivity contribution in [3.05, 3.63) is 70.2 Å². The van der Waals surface area contributed by atoms with Gasteiger partial charge in [0.05, 0.1) is 12.2 Å². The van der Waals surface area contributed by atoms with E-state index >= 15 is 0 Å². The van der Waals surface area contributed by atoms with Gasteiger partial charge in [-0.25, -0.2) is 0 Å². The minimum Gasteiger partial charge on any atom is -0.373 e. The molecule has 1 saturated heterocycles. The van der Waals surface area contributed by atoms with Crippen molar-refractivity contribution in [2.24, 2.45) is 0 Å². The molecule has 5 heteroatoms. The lowest BCUT2D eigenvalue weighted by atomic mass is 10.1. The predicted molar refractivity (Wildman–Crippen MR) is 109 cm³/mol. The molecule has 1 aliphatic rings. The minimum atomic E-state index is 0.0186. The van der Waals surface area contributed by atoms with Gasteiger partial charge in [-0.2, -0.15) is 0 Å². The summed E-state index contributed by atoms with van der Waals surface area (Å²) in [5, 5.41) is 0.701. The van der Waals surface area contributed by atoms with Crippen LogP contribution in [0.25, 0.3) is 0 Å². The zero-order valence-electron chi connectivity index (χ0n) is 16.2. The van der Waals surface area contributed by atoms with Gasteiger partial charge in [0.1, 0.15) is 0 Å². The van der Waals surface area contributed by atoms with Crippen molar-refractivity contribution in [3.63, 3.8) is 0 Å². The Balaban J connectivity index is 1.58. The van der Waals surface area contributed by atoms with E-state index in [0.29, 0.717) is 17.1 Å². The van der Waals surface area contributed by atoms with E-state index in [0.717, 1.165) is 25.2 Å². The Morgan fingerprint density at radius 2 is 1.59 bits per heavy atom. The van der Waals surface area contributed by atoms with Gasteiger partial charge >= 0.3 is 0 Å². The maximum Gasteiger partial charge on any atom is 0.253 e. The van der Waals surface area contributed by atoms with Crippen molar-refractivity contribution in [3.8, 4) is 0 Å². The smallest absolute Gasteiger partial charge is 0.253 e. The molecule has 1 fully saturated rings. The van der Waals surface area contributed by atoms with Crippen molar-refractivity contribution < 1.29 is 9.53 Å². The summed E-state index contributed by atoms with van der Waals surface area (Å²) in [5.41, 5.74) is 2.98. The van der Waals surface area contributed by atoms with Crippen LogP contribution < -0.4 is 0 Å². The summed E-state index contributed by atoms with van der Waals surface area (Å²) in [6.07, 6.45) is 0.521. The molecule has 1 aliphatic heterocycles. The number of carbonyl (C=O) groups is 1. The first-order valence-corrected chi connectivity index (χ1v) is 9.75. The molecule has 27 heavy (non-hydrogen) atoms. The summed E-state index contributed by atoms with van der Waals surface area (Å²) in [6.45, 7) is 7.54. The Bertz CT molecular complexity index is 751. The van der Waals surface area contributed by atoms with Gasteiger partial charge in [0.25, 0.3) is 5.91 Å². The second-order valence-corrected chi connectivity index (χ2v) is 7.87. The molecule has 2 aromatic carbocycles. The fourth-order valence-electron chi connectivity index (χ4n) is 3.58. The van der Waals surface area contributed by atoms with Crippen LogP contribution in [0.4, 0.5) is 0 Å². The molecule has 0 N–H and O–H groups in total. The van der Waals surface area contributed by atoms with E-state index in [9.17, 15) is 4.79 Å². The monoisotopic (exact) mass is 386 g/mol. The van der Waals surface area contributed by atoms with E-state index in [2.05, 4.69) is 18.7 Å². The SMILES string of the molecule is CC1CN(Cc2ccc(C(=O)N(C)Cc3ccc(Cl)cc3)cc2)CC(C)O1. The normalized spacial score (nSPS) is 20.4. The van der Waals surface area contributed by atoms with Gasteiger partial charge in [0.2, 0.25) is 0 Å². The van der Waals surface area contributed by atoms with E-state index in [1.54, 1.807) is 4.90 Å². The number of rotatable bonds is 5. The average Bonchev–Trinajstić information content (AvgIpc) is 2.63. The maximum atomic E-state index is 12.7. The molecule has 2 atom stereocenters. The Morgan fingerprint density at radius 3 is 2.19 bits per heavy atom. The topological polar surface area (TPSA) is 32.8 Å². The van der Waals surface area contributed by atoms with Gasteiger partial charge in [0, 0.05) is 43.8 Å². The van der Waals surface area contributed by atoms with Crippen LogP contribution >= 0.6 is 11.6 Å². The lowest BCUT2D eigenvalue weighted by Gasteiger charge is -2.35. The third kappa shape index (κ3) is 5.55. The van der Waals surface area contributed by atoms with Gasteiger partial charge in [-0.1, -0.05) is 35.9 Å². The van der Waals surface area contributed by atoms with Gasteiger partial charge in [-0.15, -0.1) is 0 Å². The summed E-state index contributed by atoms with van der Waals surface area (Å²) in [4.78, 5) is 16.8. The predicted octanol–water partition coefficient (Wildman–Crippen LogP) is 4.22. The van der Waals surface area contributed by atoms with Crippen LogP contribution in [0.3, 0.4) is 0 Å². The lowest BCUT2D eigenvalue weighted by Crippen LogP contribution is -2.44. The fourth-order valence-corrected chi connectivity index (χ4v) is 3.71. The first-order chi connectivity index (χ1) is 12.9. The molecule has 0 bridgehead atoms. The third-order valence-corrected chi connectivity index (χ3v) is 5.03. The molecule has 2 unspecified atom stereocenters. The number of morpholine rings is 1. The largest absolute Gasteiger partial charge is 0.373 e. The molecular formula is C22H27ClN2O2. The number of halogens is 1. The van der Waals surface area contributed by atoms with Crippen LogP contribution in [0, 0.1) is 0 Å². The molecule has 0 spiro atoms. The number of nitrogens with zero attached hydrogens (tertiary/aromatic N) is 2. The van der Waals surface area contributed by atoms with Crippen LogP contribution in [0.5, 0.6) is 0 Å². The Kier molecular flexibility index (Phi) is 6.53. The molecule has 0 radical (unpaired) electrons. The molecule has 0 aliphatic carbocycles. The zero-order valence-corrected chi connectivity index (χ0v) is 16.9. The number of hydrogen-bond acceptors (Lipinski definition) is 3. The fraction of sp³-hybridized carbons (Fsp3) is 0.409. The highest BCUT2D eigenvalue weighted by Crippen LogP contribution is 2.16. The van der Waals surface area contributed by atoms with Crippen LogP contribution in [0.2, 0.25) is 5.02 Å². The van der Waals surface area contributed by atoms with Gasteiger partial charge < -0.3 is 9.64 Å². The van der Waals surface area contributed by atoms with Crippen molar-refractivity contribution in [2.45, 2.75) is 39.1 Å². The zero-order chi connectivity index (χ0) is 19.4. The number of benzene rings is 2. The minimum absolute atomic E-state index is 0.0186. The highest BCUT2D eigenvalue weighted by atomic mass is 35.5. The summed E-state index contributed by atoms with van der Waals surface area (Å²) in [5.74, 6) is 0.0186. The molecule has 1 amide bonds. The Morgan fingerprint density at radius 1 is 1.04 bits per heavy atom. The van der Waals surface area contributed by atoms with E-state index in [-0.39, 0.29) is 18.1 Å². The second-order valence-electron chi connectivity index (χ2n) is 7.44. The van der Waals surface area contributed by atoms with E-state index in [1.807, 2.05) is 55.6 Å². The highest BCUT2D eigenvalue weighted by molar-refractivity contribution is 6.30. The van der Waals surface area contributed by atoms with E-state index < -0.39 is 0 Å². The van der Waals surface area contributed by atoms with Crippen molar-refractivity contribution in [1.82, 2.24) is 9.80 Å². The number of carbonyl (C=O) groups excluding carboxylic acids is 1. The van der Waals surface area contributed by atoms with Crippen LogP contribution in [-0.2, 0) is 17.8 Å². The van der Waals surface area contributed by atoms with Crippen molar-refractivity contribution in [2.75, 3.05) is 20.1 Å². The van der Waals surface area contributed by atoms with Crippen LogP contribution in [0.15, 0.2) is 48.5 Å². The van der Waals surface area contributed by atoms with Gasteiger partial charge in [-0.05, 0) is 49.2 Å². The number of amides is 1. The summed E-state index contributed by atoms with van der Waals surface area (Å²) in [7, 11) is 1.82. The third-order valence-electron chi connectivity index (χ3n) is 4.78. The van der Waals surface area contributed by atoms with E-state index in [1.165, 1.54) is 5.56 Å². The molecular weight excluding hydrogens is 360 g/mol. The van der Waals surface area contributed by atoms with Crippen LogP contribution in [-0.4, -0.2) is 48.1 Å². The first-order valence-electron chi connectivity index (χ1n) is 9.37. The van der Waals surface area contributed by atoms with Crippen molar-refractivity contribution >= 4 is 17.5 Å². The Labute approximate surface area is 166 Å². The molecule has 3 rings (SSSR count). The molecule has 0 saturated carbocycles. The summed E-state index contributed by atoms with van der Waals surface area (Å²) in [6, 6.07) is 15.5. The van der Waals surface area contributed by atoms with Gasteiger partial charge in [0.15, 0.2) is 0 Å². The number of ether oxygens (including phenoxy) is 1. The summed E-state index contributed by atoms with van der Waals surface area (Å²) < 4.78 is 5.79. The van der Waals surface area contributed by atoms with E-state index in [4.69, 9.17) is 16.3 Å². The maximum absolute atomic E-state index is 12.7. The molecule has 144 valence electrons.